The van der Waals surface area contributed by atoms with Crippen LogP contribution in [0.2, 0.25) is 0 Å². The molecule has 4 nitrogen and oxygen atoms in total. The van der Waals surface area contributed by atoms with Crippen LogP contribution in [0.4, 0.5) is 0 Å². The van der Waals surface area contributed by atoms with E-state index in [4.69, 9.17) is 0 Å². The largest absolute Gasteiger partial charge is 0.334 e. The van der Waals surface area contributed by atoms with Crippen molar-refractivity contribution >= 4 is 11.8 Å². The van der Waals surface area contributed by atoms with Crippen LogP contribution in [-0.2, 0) is 22.6 Å². The fraction of sp³-hybridized carbons (Fsp3) is 0.167. The first kappa shape index (κ1) is 25.6. The smallest absolute Gasteiger partial charge is 0.246 e. The van der Waals surface area contributed by atoms with Gasteiger partial charge in [-0.05, 0) is 63.1 Å². The van der Waals surface area contributed by atoms with Gasteiger partial charge in [-0.15, -0.1) is 0 Å². The number of nitrogens with zero attached hydrogens (tertiary/aromatic N) is 2. The maximum atomic E-state index is 12.7. The fourth-order valence-corrected chi connectivity index (χ4v) is 6.24. The molecule has 0 unspecified atom stereocenters. The van der Waals surface area contributed by atoms with E-state index in [1.54, 1.807) is 0 Å². The Hall–Kier alpha value is -4.70. The third-order valence-electron chi connectivity index (χ3n) is 8.29. The molecule has 2 atom stereocenters. The molecule has 0 radical (unpaired) electrons. The molecular formula is C36H32N2O2. The van der Waals surface area contributed by atoms with Gasteiger partial charge >= 0.3 is 0 Å². The molecule has 0 fully saturated rings. The van der Waals surface area contributed by atoms with E-state index in [2.05, 4.69) is 98.1 Å². The maximum Gasteiger partial charge on any atom is 0.246 e. The van der Waals surface area contributed by atoms with Gasteiger partial charge in [-0.1, -0.05) is 110 Å². The number of hydrogen-bond donors (Lipinski definition) is 0. The predicted octanol–water partition coefficient (Wildman–Crippen LogP) is 6.67. The van der Waals surface area contributed by atoms with Gasteiger partial charge in [-0.3, -0.25) is 9.59 Å². The Bertz CT molecular complexity index is 1590. The van der Waals surface area contributed by atoms with Crippen LogP contribution >= 0.6 is 0 Å². The Labute approximate surface area is 235 Å². The van der Waals surface area contributed by atoms with Crippen molar-refractivity contribution in [2.24, 2.45) is 0 Å². The van der Waals surface area contributed by atoms with Gasteiger partial charge in [-0.2, -0.15) is 0 Å². The summed E-state index contributed by atoms with van der Waals surface area (Å²) in [5.41, 5.74) is 9.45. The lowest BCUT2D eigenvalue weighted by Crippen LogP contribution is -2.39. The number of fused-ring (bicyclic) bond motifs is 2. The minimum atomic E-state index is -0.125. The molecule has 0 saturated heterocycles. The zero-order valence-corrected chi connectivity index (χ0v) is 22.5. The predicted molar refractivity (Wildman–Crippen MR) is 160 cm³/mol. The Balaban J connectivity index is 1.28. The normalized spacial score (nSPS) is 17.9. The van der Waals surface area contributed by atoms with Crippen LogP contribution in [0.3, 0.4) is 0 Å². The van der Waals surface area contributed by atoms with E-state index in [9.17, 15) is 9.59 Å². The Kier molecular flexibility index (Phi) is 6.91. The number of rotatable bonds is 5. The molecule has 2 aliphatic rings. The number of carbonyl (C=O) groups excluding carboxylic acids is 2. The van der Waals surface area contributed by atoms with E-state index in [0.29, 0.717) is 19.6 Å². The summed E-state index contributed by atoms with van der Waals surface area (Å²) < 4.78 is 0. The van der Waals surface area contributed by atoms with E-state index < -0.39 is 0 Å². The molecule has 4 aromatic carbocycles. The van der Waals surface area contributed by atoms with E-state index in [0.717, 1.165) is 23.1 Å². The first-order chi connectivity index (χ1) is 19.6. The first-order valence-electron chi connectivity index (χ1n) is 13.8. The molecule has 0 bridgehead atoms. The minimum Gasteiger partial charge on any atom is -0.334 e. The van der Waals surface area contributed by atoms with Gasteiger partial charge in [0.15, 0.2) is 0 Å². The summed E-state index contributed by atoms with van der Waals surface area (Å²) in [5, 5.41) is 0. The van der Waals surface area contributed by atoms with Crippen LogP contribution in [0.25, 0.3) is 11.1 Å². The molecule has 2 heterocycles. The summed E-state index contributed by atoms with van der Waals surface area (Å²) >= 11 is 0. The second-order valence-electron chi connectivity index (χ2n) is 10.5. The topological polar surface area (TPSA) is 40.6 Å². The van der Waals surface area contributed by atoms with Crippen molar-refractivity contribution in [1.29, 1.82) is 0 Å². The molecule has 0 N–H and O–H groups in total. The minimum absolute atomic E-state index is 0.0369. The van der Waals surface area contributed by atoms with Crippen molar-refractivity contribution in [3.8, 4) is 11.1 Å². The van der Waals surface area contributed by atoms with E-state index in [1.807, 2.05) is 21.9 Å². The van der Waals surface area contributed by atoms with Gasteiger partial charge in [0, 0.05) is 25.6 Å². The summed E-state index contributed by atoms with van der Waals surface area (Å²) in [4.78, 5) is 29.0. The summed E-state index contributed by atoms with van der Waals surface area (Å²) in [6, 6.07) is 33.9. The number of amides is 2. The van der Waals surface area contributed by atoms with Gasteiger partial charge in [0.05, 0.1) is 6.04 Å². The summed E-state index contributed by atoms with van der Waals surface area (Å²) in [5.74, 6) is 0.0343. The highest BCUT2D eigenvalue weighted by Gasteiger charge is 2.31. The first-order valence-corrected chi connectivity index (χ1v) is 13.8. The number of hydrogen-bond acceptors (Lipinski definition) is 2. The molecular weight excluding hydrogens is 492 g/mol. The van der Waals surface area contributed by atoms with Crippen LogP contribution in [0.1, 0.15) is 45.3 Å². The van der Waals surface area contributed by atoms with Crippen LogP contribution in [0.15, 0.2) is 122 Å². The lowest BCUT2D eigenvalue weighted by atomic mass is 9.84. The molecule has 4 aromatic rings. The third kappa shape index (κ3) is 4.66. The summed E-state index contributed by atoms with van der Waals surface area (Å²) in [6.07, 6.45) is 3.66. The fourth-order valence-electron chi connectivity index (χ4n) is 6.24. The molecule has 2 amide bonds. The number of carbonyl (C=O) groups is 2. The lowest BCUT2D eigenvalue weighted by Gasteiger charge is -2.37. The highest BCUT2D eigenvalue weighted by atomic mass is 16.2. The molecule has 198 valence electrons. The molecule has 0 aliphatic carbocycles. The van der Waals surface area contributed by atoms with E-state index in [-0.39, 0.29) is 23.8 Å². The SMILES string of the molecule is C=CC(=O)N1Cc2ccccc2[C@@H](c2ccc(-c3ccc([C@H]4c5ccccc5CCN4C(=O)C=C)cc3)cc2)C1. The lowest BCUT2D eigenvalue weighted by molar-refractivity contribution is -0.128. The van der Waals surface area contributed by atoms with Crippen LogP contribution < -0.4 is 0 Å². The van der Waals surface area contributed by atoms with Crippen LogP contribution in [-0.4, -0.2) is 34.7 Å². The molecule has 2 aliphatic heterocycles. The molecule has 4 heteroatoms. The van der Waals surface area contributed by atoms with Crippen molar-refractivity contribution < 1.29 is 9.59 Å². The van der Waals surface area contributed by atoms with Gasteiger partial charge in [0.2, 0.25) is 11.8 Å². The molecule has 0 spiro atoms. The number of benzene rings is 4. The monoisotopic (exact) mass is 524 g/mol. The Morgan fingerprint density at radius 3 is 1.90 bits per heavy atom. The van der Waals surface area contributed by atoms with Gasteiger partial charge < -0.3 is 9.80 Å². The average Bonchev–Trinajstić information content (AvgIpc) is 3.03. The molecule has 6 rings (SSSR count). The van der Waals surface area contributed by atoms with Crippen molar-refractivity contribution in [1.82, 2.24) is 9.80 Å². The second kappa shape index (κ2) is 10.8. The Morgan fingerprint density at radius 1 is 0.675 bits per heavy atom. The van der Waals surface area contributed by atoms with Crippen LogP contribution in [0.5, 0.6) is 0 Å². The van der Waals surface area contributed by atoms with Crippen molar-refractivity contribution in [3.05, 3.63) is 156 Å². The van der Waals surface area contributed by atoms with Gasteiger partial charge in [-0.25, -0.2) is 0 Å². The van der Waals surface area contributed by atoms with Crippen molar-refractivity contribution in [2.75, 3.05) is 13.1 Å². The summed E-state index contributed by atoms with van der Waals surface area (Å²) in [7, 11) is 0. The Morgan fingerprint density at radius 2 is 1.25 bits per heavy atom. The second-order valence-corrected chi connectivity index (χ2v) is 10.5. The standard InChI is InChI=1S/C36H32N2O2/c1-3-34(39)37-23-30-10-6-7-11-31(30)33(24-37)28-17-13-25(14-18-28)26-15-19-29(20-16-26)36-32-12-8-5-9-27(32)21-22-38(36)35(40)4-2/h3-20,33,36H,1-2,21-24H2/t33-,36+/m1/s1. The highest BCUT2D eigenvalue weighted by Crippen LogP contribution is 2.37. The van der Waals surface area contributed by atoms with Crippen molar-refractivity contribution in [2.45, 2.75) is 24.9 Å². The molecule has 0 aromatic heterocycles. The van der Waals surface area contributed by atoms with E-state index in [1.165, 1.54) is 40.0 Å². The quantitative estimate of drug-likeness (QED) is 0.274. The molecule has 0 saturated carbocycles. The average molecular weight is 525 g/mol. The van der Waals surface area contributed by atoms with E-state index >= 15 is 0 Å². The maximum absolute atomic E-state index is 12.7. The van der Waals surface area contributed by atoms with Gasteiger partial charge in [0.25, 0.3) is 0 Å². The zero-order chi connectivity index (χ0) is 27.6. The molecule has 40 heavy (non-hydrogen) atoms. The highest BCUT2D eigenvalue weighted by molar-refractivity contribution is 5.88. The zero-order valence-electron chi connectivity index (χ0n) is 22.5. The van der Waals surface area contributed by atoms with Crippen LogP contribution in [0, 0.1) is 0 Å². The third-order valence-corrected chi connectivity index (χ3v) is 8.29. The van der Waals surface area contributed by atoms with Gasteiger partial charge in [0.1, 0.15) is 0 Å². The summed E-state index contributed by atoms with van der Waals surface area (Å²) in [6.45, 7) is 9.34. The van der Waals surface area contributed by atoms with Crippen molar-refractivity contribution in [3.63, 3.8) is 0 Å².